The van der Waals surface area contributed by atoms with Gasteiger partial charge in [0.1, 0.15) is 11.3 Å². The molecule has 2 aromatic rings. The molecule has 0 saturated carbocycles. The number of nitrogens with one attached hydrogen (secondary N) is 1. The zero-order chi connectivity index (χ0) is 20.4. The second kappa shape index (κ2) is 7.75. The van der Waals surface area contributed by atoms with Gasteiger partial charge in [0.2, 0.25) is 0 Å². The van der Waals surface area contributed by atoms with Crippen molar-refractivity contribution in [3.05, 3.63) is 60.2 Å². The van der Waals surface area contributed by atoms with Crippen molar-refractivity contribution in [1.29, 1.82) is 0 Å². The normalized spacial score (nSPS) is 22.7. The lowest BCUT2D eigenvalue weighted by Crippen LogP contribution is -2.51. The fraction of sp³-hybridized carbons (Fsp3) is 0.364. The number of ether oxygens (including phenoxy) is 1. The molecule has 0 spiro atoms. The second-order valence-corrected chi connectivity index (χ2v) is 7.60. The number of imide groups is 1. The predicted molar refractivity (Wildman–Crippen MR) is 111 cm³/mol. The van der Waals surface area contributed by atoms with Crippen LogP contribution in [-0.4, -0.2) is 61.7 Å². The van der Waals surface area contributed by atoms with E-state index in [1.807, 2.05) is 42.5 Å². The maximum absolute atomic E-state index is 13.1. The first-order valence-corrected chi connectivity index (χ1v) is 9.82. The first-order valence-electron chi connectivity index (χ1n) is 9.82. The average molecular weight is 394 g/mol. The third kappa shape index (κ3) is 3.65. The molecule has 2 saturated heterocycles. The van der Waals surface area contributed by atoms with E-state index in [0.717, 1.165) is 43.2 Å². The molecule has 2 fully saturated rings. The van der Waals surface area contributed by atoms with E-state index < -0.39 is 5.54 Å². The summed E-state index contributed by atoms with van der Waals surface area (Å²) < 4.78 is 5.21. The maximum Gasteiger partial charge on any atom is 0.326 e. The third-order valence-electron chi connectivity index (χ3n) is 5.78. The number of nitrogens with zero attached hydrogens (tertiary/aromatic N) is 3. The number of carbonyl (C=O) groups is 2. The van der Waals surface area contributed by atoms with Crippen molar-refractivity contribution in [2.45, 2.75) is 12.5 Å². The zero-order valence-corrected chi connectivity index (χ0v) is 16.8. The lowest BCUT2D eigenvalue weighted by Gasteiger charge is -2.37. The van der Waals surface area contributed by atoms with E-state index in [4.69, 9.17) is 4.74 Å². The first kappa shape index (κ1) is 19.3. The lowest BCUT2D eigenvalue weighted by atomic mass is 9.92. The Kier molecular flexibility index (Phi) is 5.15. The monoisotopic (exact) mass is 394 g/mol. The van der Waals surface area contributed by atoms with Crippen molar-refractivity contribution >= 4 is 17.6 Å². The summed E-state index contributed by atoms with van der Waals surface area (Å²) >= 11 is 0. The molecule has 7 nitrogen and oxygen atoms in total. The third-order valence-corrected chi connectivity index (χ3v) is 5.78. The molecule has 1 N–H and O–H groups in total. The number of hydrogen-bond acceptors (Lipinski definition) is 5. The fourth-order valence-electron chi connectivity index (χ4n) is 3.93. The number of benzene rings is 2. The Labute approximate surface area is 170 Å². The summed E-state index contributed by atoms with van der Waals surface area (Å²) in [5.41, 5.74) is 0.936. The van der Waals surface area contributed by atoms with Crippen LogP contribution in [0.5, 0.6) is 5.75 Å². The van der Waals surface area contributed by atoms with Crippen LogP contribution in [-0.2, 0) is 10.3 Å². The maximum atomic E-state index is 13.1. The van der Waals surface area contributed by atoms with E-state index in [2.05, 4.69) is 27.2 Å². The van der Waals surface area contributed by atoms with Gasteiger partial charge in [-0.15, -0.1) is 0 Å². The molecule has 2 aliphatic heterocycles. The smallest absolute Gasteiger partial charge is 0.326 e. The molecule has 3 amide bonds. The van der Waals surface area contributed by atoms with Crippen LogP contribution in [0.1, 0.15) is 12.5 Å². The quantitative estimate of drug-likeness (QED) is 0.788. The minimum atomic E-state index is -1.01. The lowest BCUT2D eigenvalue weighted by molar-refractivity contribution is -0.132. The summed E-state index contributed by atoms with van der Waals surface area (Å²) in [6.07, 6.45) is 0. The van der Waals surface area contributed by atoms with Crippen LogP contribution >= 0.6 is 0 Å². The summed E-state index contributed by atoms with van der Waals surface area (Å²) in [5.74, 6) is 0.638. The summed E-state index contributed by atoms with van der Waals surface area (Å²) in [6, 6.07) is 17.1. The van der Waals surface area contributed by atoms with E-state index >= 15 is 0 Å². The Hall–Kier alpha value is -3.06. The summed E-state index contributed by atoms with van der Waals surface area (Å²) in [7, 11) is 1.66. The van der Waals surface area contributed by atoms with Crippen molar-refractivity contribution in [2.75, 3.05) is 44.9 Å². The van der Waals surface area contributed by atoms with Crippen molar-refractivity contribution in [3.8, 4) is 5.75 Å². The number of rotatable bonds is 5. The Balaban J connectivity index is 1.38. The SMILES string of the molecule is COc1ccc(N2CCN(CN3C(=O)N[C@](C)(c4ccccc4)C3=O)CC2)cc1. The number of hydrogen-bond donors (Lipinski definition) is 1. The highest BCUT2D eigenvalue weighted by atomic mass is 16.5. The van der Waals surface area contributed by atoms with Gasteiger partial charge in [-0.2, -0.15) is 0 Å². The van der Waals surface area contributed by atoms with Gasteiger partial charge in [-0.3, -0.25) is 9.69 Å². The van der Waals surface area contributed by atoms with Gasteiger partial charge in [-0.1, -0.05) is 30.3 Å². The van der Waals surface area contributed by atoms with Crippen LogP contribution < -0.4 is 15.0 Å². The zero-order valence-electron chi connectivity index (χ0n) is 16.8. The molecule has 7 heteroatoms. The van der Waals surface area contributed by atoms with E-state index in [0.29, 0.717) is 6.67 Å². The Morgan fingerprint density at radius 1 is 0.966 bits per heavy atom. The Bertz CT molecular complexity index is 879. The van der Waals surface area contributed by atoms with Crippen LogP contribution in [0.3, 0.4) is 0 Å². The first-order chi connectivity index (χ1) is 14.0. The van der Waals surface area contributed by atoms with Crippen LogP contribution in [0.15, 0.2) is 54.6 Å². The van der Waals surface area contributed by atoms with Gasteiger partial charge in [0.15, 0.2) is 0 Å². The standard InChI is InChI=1S/C22H26N4O3/c1-22(17-6-4-3-5-7-17)20(27)26(21(28)23-22)16-24-12-14-25(15-13-24)18-8-10-19(29-2)11-9-18/h3-11H,12-16H2,1-2H3,(H,23,28)/t22-/m1/s1. The highest BCUT2D eigenvalue weighted by Gasteiger charge is 2.49. The van der Waals surface area contributed by atoms with Gasteiger partial charge in [0, 0.05) is 31.9 Å². The highest BCUT2D eigenvalue weighted by Crippen LogP contribution is 2.29. The molecule has 29 heavy (non-hydrogen) atoms. The molecule has 0 bridgehead atoms. The van der Waals surface area contributed by atoms with Gasteiger partial charge < -0.3 is 15.0 Å². The largest absolute Gasteiger partial charge is 0.497 e. The van der Waals surface area contributed by atoms with Crippen molar-refractivity contribution in [2.24, 2.45) is 0 Å². The van der Waals surface area contributed by atoms with Crippen molar-refractivity contribution in [1.82, 2.24) is 15.1 Å². The minimum Gasteiger partial charge on any atom is -0.497 e. The van der Waals surface area contributed by atoms with Gasteiger partial charge >= 0.3 is 6.03 Å². The summed E-state index contributed by atoms with van der Waals surface area (Å²) in [5, 5.41) is 2.87. The van der Waals surface area contributed by atoms with Crippen molar-refractivity contribution in [3.63, 3.8) is 0 Å². The molecule has 152 valence electrons. The highest BCUT2D eigenvalue weighted by molar-refractivity contribution is 6.07. The molecular formula is C22H26N4O3. The number of urea groups is 1. The predicted octanol–water partition coefficient (Wildman–Crippen LogP) is 2.24. The Morgan fingerprint density at radius 2 is 1.62 bits per heavy atom. The molecule has 0 aromatic heterocycles. The van der Waals surface area contributed by atoms with E-state index in [1.54, 1.807) is 14.0 Å². The molecule has 1 atom stereocenters. The molecule has 2 heterocycles. The topological polar surface area (TPSA) is 65.1 Å². The molecular weight excluding hydrogens is 368 g/mol. The Morgan fingerprint density at radius 3 is 2.24 bits per heavy atom. The average Bonchev–Trinajstić information content (AvgIpc) is 2.99. The van der Waals surface area contributed by atoms with E-state index in [9.17, 15) is 9.59 Å². The fourth-order valence-corrected chi connectivity index (χ4v) is 3.93. The van der Waals surface area contributed by atoms with Gasteiger partial charge in [-0.25, -0.2) is 9.69 Å². The molecule has 0 aliphatic carbocycles. The van der Waals surface area contributed by atoms with E-state index in [1.165, 1.54) is 4.90 Å². The number of methoxy groups -OCH3 is 1. The van der Waals surface area contributed by atoms with Crippen LogP contribution in [0.4, 0.5) is 10.5 Å². The number of amides is 3. The van der Waals surface area contributed by atoms with E-state index in [-0.39, 0.29) is 11.9 Å². The molecule has 2 aliphatic rings. The molecule has 0 radical (unpaired) electrons. The summed E-state index contributed by atoms with van der Waals surface area (Å²) in [4.78, 5) is 31.4. The second-order valence-electron chi connectivity index (χ2n) is 7.60. The minimum absolute atomic E-state index is 0.203. The number of anilines is 1. The molecule has 0 unspecified atom stereocenters. The van der Waals surface area contributed by atoms with Crippen LogP contribution in [0.2, 0.25) is 0 Å². The van der Waals surface area contributed by atoms with Gasteiger partial charge in [0.05, 0.1) is 13.8 Å². The molecule has 2 aromatic carbocycles. The van der Waals surface area contributed by atoms with Crippen LogP contribution in [0, 0.1) is 0 Å². The van der Waals surface area contributed by atoms with Crippen molar-refractivity contribution < 1.29 is 14.3 Å². The number of piperazine rings is 1. The van der Waals surface area contributed by atoms with Gasteiger partial charge in [0.25, 0.3) is 5.91 Å². The van der Waals surface area contributed by atoms with Crippen LogP contribution in [0.25, 0.3) is 0 Å². The summed E-state index contributed by atoms with van der Waals surface area (Å²) in [6.45, 7) is 5.32. The van der Waals surface area contributed by atoms with Gasteiger partial charge in [-0.05, 0) is 36.8 Å². The number of carbonyl (C=O) groups excluding carboxylic acids is 2. The molecule has 4 rings (SSSR count).